The van der Waals surface area contributed by atoms with Crippen molar-refractivity contribution in [2.75, 3.05) is 11.6 Å². The van der Waals surface area contributed by atoms with Gasteiger partial charge in [0.2, 0.25) is 6.19 Å². The van der Waals surface area contributed by atoms with E-state index in [9.17, 15) is 13.2 Å². The molecule has 0 aromatic heterocycles. The van der Waals surface area contributed by atoms with Crippen LogP contribution in [-0.2, 0) is 6.18 Å². The predicted molar refractivity (Wildman–Crippen MR) is 61.6 cm³/mol. The normalized spacial score (nSPS) is 12.1. The van der Waals surface area contributed by atoms with Gasteiger partial charge >= 0.3 is 6.18 Å². The Bertz CT molecular complexity index is 463. The molecule has 90 valence electrons. The van der Waals surface area contributed by atoms with Crippen molar-refractivity contribution < 1.29 is 13.2 Å². The highest BCUT2D eigenvalue weighted by Crippen LogP contribution is 2.30. The van der Waals surface area contributed by atoms with Crippen LogP contribution < -0.4 is 5.32 Å². The average Bonchev–Trinajstić information content (AvgIpc) is 2.28. The van der Waals surface area contributed by atoms with Crippen LogP contribution in [0.5, 0.6) is 0 Å². The van der Waals surface area contributed by atoms with E-state index < -0.39 is 11.7 Å². The number of benzene rings is 1. The number of halogens is 3. The molecule has 0 atom stereocenters. The summed E-state index contributed by atoms with van der Waals surface area (Å²) in [5.74, 6) is 0. The lowest BCUT2D eigenvalue weighted by Crippen LogP contribution is -2.09. The van der Waals surface area contributed by atoms with Crippen LogP contribution in [0.25, 0.3) is 0 Å². The molecule has 0 aliphatic carbocycles. The monoisotopic (exact) mass is 259 g/mol. The standard InChI is InChI=1S/C10H8F3N3S/c1-17-9(15-6-14)16-8-4-2-3-7(5-8)10(11,12)13/h2-5H,1H3,(H,15,16). The first-order chi connectivity index (χ1) is 7.97. The van der Waals surface area contributed by atoms with Gasteiger partial charge in [0.1, 0.15) is 0 Å². The molecule has 0 fully saturated rings. The first-order valence-corrected chi connectivity index (χ1v) is 5.65. The van der Waals surface area contributed by atoms with Crippen molar-refractivity contribution in [3.8, 4) is 6.19 Å². The van der Waals surface area contributed by atoms with E-state index in [2.05, 4.69) is 10.3 Å². The summed E-state index contributed by atoms with van der Waals surface area (Å²) in [5, 5.41) is 11.2. The molecule has 1 rings (SSSR count). The Kier molecular flexibility index (Phi) is 4.40. The van der Waals surface area contributed by atoms with Gasteiger partial charge in [-0.05, 0) is 24.5 Å². The number of nitrogens with zero attached hydrogens (tertiary/aromatic N) is 2. The highest BCUT2D eigenvalue weighted by atomic mass is 32.2. The summed E-state index contributed by atoms with van der Waals surface area (Å²) in [6, 6.07) is 4.70. The summed E-state index contributed by atoms with van der Waals surface area (Å²) < 4.78 is 37.3. The van der Waals surface area contributed by atoms with Gasteiger partial charge in [0.15, 0.2) is 5.17 Å². The molecule has 7 heteroatoms. The number of alkyl halides is 3. The maximum atomic E-state index is 12.4. The molecule has 0 unspecified atom stereocenters. The van der Waals surface area contributed by atoms with E-state index in [4.69, 9.17) is 5.26 Å². The Labute approximate surface area is 100 Å². The van der Waals surface area contributed by atoms with Gasteiger partial charge in [-0.1, -0.05) is 17.8 Å². The first kappa shape index (κ1) is 13.4. The second-order valence-electron chi connectivity index (χ2n) is 2.92. The minimum absolute atomic E-state index is 0.239. The molecule has 0 aliphatic heterocycles. The first-order valence-electron chi connectivity index (χ1n) is 4.42. The largest absolute Gasteiger partial charge is 0.416 e. The van der Waals surface area contributed by atoms with Crippen molar-refractivity contribution in [1.29, 1.82) is 5.26 Å². The highest BCUT2D eigenvalue weighted by Gasteiger charge is 2.30. The number of nitrogens with one attached hydrogen (secondary N) is 1. The summed E-state index contributed by atoms with van der Waals surface area (Å²) in [4.78, 5) is 3.42. The predicted octanol–water partition coefficient (Wildman–Crippen LogP) is 3.32. The van der Waals surface area contributed by atoms with Crippen molar-refractivity contribution in [1.82, 2.24) is 0 Å². The molecule has 0 bridgehead atoms. The van der Waals surface area contributed by atoms with Gasteiger partial charge in [-0.25, -0.2) is 0 Å². The van der Waals surface area contributed by atoms with Gasteiger partial charge in [0.05, 0.1) is 5.56 Å². The number of thioether (sulfide) groups is 1. The number of nitriles is 1. The van der Waals surface area contributed by atoms with Gasteiger partial charge in [-0.3, -0.25) is 0 Å². The third-order valence-electron chi connectivity index (χ3n) is 1.79. The lowest BCUT2D eigenvalue weighted by molar-refractivity contribution is -0.137. The van der Waals surface area contributed by atoms with E-state index >= 15 is 0 Å². The second kappa shape index (κ2) is 5.59. The van der Waals surface area contributed by atoms with Crippen LogP contribution in [0.3, 0.4) is 0 Å². The number of rotatable bonds is 1. The van der Waals surface area contributed by atoms with Crippen LogP contribution in [0.2, 0.25) is 0 Å². The topological polar surface area (TPSA) is 48.2 Å². The second-order valence-corrected chi connectivity index (χ2v) is 3.72. The van der Waals surface area contributed by atoms with Crippen molar-refractivity contribution in [2.45, 2.75) is 6.18 Å². The van der Waals surface area contributed by atoms with Gasteiger partial charge in [0.25, 0.3) is 0 Å². The SMILES string of the molecule is CS/C(=N\C#N)Nc1cccc(C(F)(F)F)c1. The molecule has 0 amide bonds. The fourth-order valence-electron chi connectivity index (χ4n) is 1.07. The van der Waals surface area contributed by atoms with Crippen LogP contribution in [0, 0.1) is 11.5 Å². The zero-order chi connectivity index (χ0) is 12.9. The van der Waals surface area contributed by atoms with Crippen LogP contribution >= 0.6 is 11.8 Å². The fourth-order valence-corrected chi connectivity index (χ4v) is 1.42. The number of anilines is 1. The molecule has 0 spiro atoms. The summed E-state index contributed by atoms with van der Waals surface area (Å²) in [6.45, 7) is 0. The lowest BCUT2D eigenvalue weighted by Gasteiger charge is -2.10. The molecule has 0 heterocycles. The smallest absolute Gasteiger partial charge is 0.334 e. The van der Waals surface area contributed by atoms with Gasteiger partial charge < -0.3 is 5.32 Å². The Balaban J connectivity index is 2.94. The van der Waals surface area contributed by atoms with Crippen molar-refractivity contribution in [3.05, 3.63) is 29.8 Å². The minimum Gasteiger partial charge on any atom is -0.334 e. The lowest BCUT2D eigenvalue weighted by atomic mass is 10.2. The molecule has 1 aromatic rings. The molecular formula is C10H8F3N3S. The fraction of sp³-hybridized carbons (Fsp3) is 0.200. The van der Waals surface area contributed by atoms with Crippen LogP contribution in [0.1, 0.15) is 5.56 Å². The molecule has 0 aliphatic rings. The molecule has 0 saturated heterocycles. The number of hydrogen-bond donors (Lipinski definition) is 1. The molecule has 0 saturated carbocycles. The quantitative estimate of drug-likeness (QED) is 0.478. The molecular weight excluding hydrogens is 251 g/mol. The molecule has 1 N–H and O–H groups in total. The van der Waals surface area contributed by atoms with Gasteiger partial charge in [0, 0.05) is 5.69 Å². The average molecular weight is 259 g/mol. The van der Waals surface area contributed by atoms with Gasteiger partial charge in [-0.15, -0.1) is 4.99 Å². The van der Waals surface area contributed by atoms with Gasteiger partial charge in [-0.2, -0.15) is 18.4 Å². The molecule has 1 aromatic carbocycles. The maximum Gasteiger partial charge on any atom is 0.416 e. The molecule has 3 nitrogen and oxygen atoms in total. The number of amidine groups is 1. The molecule has 0 radical (unpaired) electrons. The summed E-state index contributed by atoms with van der Waals surface area (Å²) >= 11 is 1.14. The Hall–Kier alpha value is -1.68. The van der Waals surface area contributed by atoms with E-state index in [1.165, 1.54) is 12.1 Å². The summed E-state index contributed by atoms with van der Waals surface area (Å²) in [7, 11) is 0. The van der Waals surface area contributed by atoms with E-state index in [0.717, 1.165) is 23.9 Å². The van der Waals surface area contributed by atoms with Crippen LogP contribution in [0.15, 0.2) is 29.3 Å². The number of aliphatic imine (C=N–C) groups is 1. The zero-order valence-electron chi connectivity index (χ0n) is 8.75. The Morgan fingerprint density at radius 3 is 2.71 bits per heavy atom. The van der Waals surface area contributed by atoms with E-state index in [-0.39, 0.29) is 10.9 Å². The van der Waals surface area contributed by atoms with Crippen molar-refractivity contribution >= 4 is 22.6 Å². The Morgan fingerprint density at radius 1 is 1.47 bits per heavy atom. The van der Waals surface area contributed by atoms with Crippen LogP contribution in [0.4, 0.5) is 18.9 Å². The minimum atomic E-state index is -4.39. The highest BCUT2D eigenvalue weighted by molar-refractivity contribution is 8.13. The Morgan fingerprint density at radius 2 is 2.18 bits per heavy atom. The maximum absolute atomic E-state index is 12.4. The third kappa shape index (κ3) is 4.00. The van der Waals surface area contributed by atoms with E-state index in [0.29, 0.717) is 0 Å². The van der Waals surface area contributed by atoms with Crippen molar-refractivity contribution in [3.63, 3.8) is 0 Å². The van der Waals surface area contributed by atoms with Crippen molar-refractivity contribution in [2.24, 2.45) is 4.99 Å². The molecule has 17 heavy (non-hydrogen) atoms. The number of hydrogen-bond acceptors (Lipinski definition) is 3. The van der Waals surface area contributed by atoms with E-state index in [1.54, 1.807) is 12.4 Å². The van der Waals surface area contributed by atoms with Crippen LogP contribution in [-0.4, -0.2) is 11.4 Å². The van der Waals surface area contributed by atoms with E-state index in [1.807, 2.05) is 0 Å². The summed E-state index contributed by atoms with van der Waals surface area (Å²) in [5.41, 5.74) is -0.511. The zero-order valence-corrected chi connectivity index (χ0v) is 9.56. The summed E-state index contributed by atoms with van der Waals surface area (Å²) in [6.07, 6.45) is -1.16. The third-order valence-corrected chi connectivity index (χ3v) is 2.37.